The summed E-state index contributed by atoms with van der Waals surface area (Å²) in [6, 6.07) is 10.7. The van der Waals surface area contributed by atoms with Gasteiger partial charge in [-0.3, -0.25) is 0 Å². The van der Waals surface area contributed by atoms with Gasteiger partial charge in [-0.15, -0.1) is 0 Å². The Morgan fingerprint density at radius 3 is 2.50 bits per heavy atom. The van der Waals surface area contributed by atoms with Gasteiger partial charge in [0.05, 0.1) is 6.10 Å². The zero-order valence-electron chi connectivity index (χ0n) is 12.2. The van der Waals surface area contributed by atoms with Gasteiger partial charge < -0.3 is 4.74 Å². The van der Waals surface area contributed by atoms with E-state index in [4.69, 9.17) is 4.74 Å². The zero-order chi connectivity index (χ0) is 14.1. The molecule has 0 heterocycles. The maximum absolute atomic E-state index is 6.27. The summed E-state index contributed by atoms with van der Waals surface area (Å²) in [5, 5.41) is 2.55. The molecule has 0 radical (unpaired) electrons. The smallest absolute Gasteiger partial charge is 0.123 e. The lowest BCUT2D eigenvalue weighted by Crippen LogP contribution is -2.23. The molecule has 2 aromatic carbocycles. The van der Waals surface area contributed by atoms with Gasteiger partial charge in [-0.05, 0) is 73.1 Å². The molecule has 0 aliphatic heterocycles. The summed E-state index contributed by atoms with van der Waals surface area (Å²) in [7, 11) is 0. The number of benzene rings is 2. The van der Waals surface area contributed by atoms with Crippen molar-refractivity contribution in [2.45, 2.75) is 45.6 Å². The van der Waals surface area contributed by atoms with Crippen LogP contribution in [0.4, 0.5) is 0 Å². The van der Waals surface area contributed by atoms with E-state index in [0.29, 0.717) is 6.10 Å². The highest BCUT2D eigenvalue weighted by Crippen LogP contribution is 2.33. The average Bonchev–Trinajstić information content (AvgIpc) is 2.45. The molecule has 2 aromatic rings. The Kier molecular flexibility index (Phi) is 4.02. The van der Waals surface area contributed by atoms with Gasteiger partial charge in [0.15, 0.2) is 0 Å². The van der Waals surface area contributed by atoms with Crippen molar-refractivity contribution in [3.05, 3.63) is 40.4 Å². The summed E-state index contributed by atoms with van der Waals surface area (Å²) in [4.78, 5) is 0. The predicted molar refractivity (Wildman–Crippen MR) is 88.4 cm³/mol. The van der Waals surface area contributed by atoms with Gasteiger partial charge in [0.2, 0.25) is 0 Å². The Hall–Kier alpha value is -1.02. The van der Waals surface area contributed by atoms with Crippen LogP contribution in [0.2, 0.25) is 0 Å². The summed E-state index contributed by atoms with van der Waals surface area (Å²) in [5.74, 6) is 1.92. The first-order valence-corrected chi connectivity index (χ1v) is 8.28. The summed E-state index contributed by atoms with van der Waals surface area (Å²) in [6.07, 6.45) is 5.37. The summed E-state index contributed by atoms with van der Waals surface area (Å²) < 4.78 is 7.39. The Morgan fingerprint density at radius 2 is 1.75 bits per heavy atom. The highest BCUT2D eigenvalue weighted by atomic mass is 79.9. The van der Waals surface area contributed by atoms with E-state index in [0.717, 1.165) is 16.1 Å². The van der Waals surface area contributed by atoms with E-state index in [9.17, 15) is 0 Å². The normalized spacial score (nSPS) is 22.9. The zero-order valence-corrected chi connectivity index (χ0v) is 13.7. The molecule has 1 saturated carbocycles. The molecule has 0 atom stereocenters. The molecule has 0 saturated heterocycles. The van der Waals surface area contributed by atoms with E-state index in [1.807, 2.05) is 0 Å². The van der Waals surface area contributed by atoms with E-state index in [-0.39, 0.29) is 0 Å². The molecular weight excluding hydrogens is 312 g/mol. The number of fused-ring (bicyclic) bond motifs is 1. The van der Waals surface area contributed by atoms with Crippen LogP contribution < -0.4 is 4.74 Å². The van der Waals surface area contributed by atoms with Crippen LogP contribution in [0.1, 0.15) is 38.2 Å². The monoisotopic (exact) mass is 332 g/mol. The number of ether oxygens (including phenoxy) is 1. The van der Waals surface area contributed by atoms with Gasteiger partial charge >= 0.3 is 0 Å². The van der Waals surface area contributed by atoms with E-state index in [1.54, 1.807) is 0 Å². The highest BCUT2D eigenvalue weighted by Gasteiger charge is 2.20. The lowest BCUT2D eigenvalue weighted by Gasteiger charge is -2.27. The lowest BCUT2D eigenvalue weighted by molar-refractivity contribution is 0.135. The third kappa shape index (κ3) is 2.85. The van der Waals surface area contributed by atoms with Crippen LogP contribution in [-0.4, -0.2) is 6.10 Å². The molecule has 2 heteroatoms. The molecule has 0 bridgehead atoms. The Balaban J connectivity index is 1.86. The Labute approximate surface area is 129 Å². The van der Waals surface area contributed by atoms with Crippen LogP contribution in [0.15, 0.2) is 34.8 Å². The van der Waals surface area contributed by atoms with Crippen molar-refractivity contribution in [2.24, 2.45) is 5.92 Å². The minimum Gasteiger partial charge on any atom is -0.490 e. The second-order valence-corrected chi connectivity index (χ2v) is 6.97. The maximum Gasteiger partial charge on any atom is 0.123 e. The summed E-state index contributed by atoms with van der Waals surface area (Å²) >= 11 is 3.56. The number of hydrogen-bond donors (Lipinski definition) is 0. The second kappa shape index (κ2) is 5.77. The molecule has 3 rings (SSSR count). The van der Waals surface area contributed by atoms with Crippen molar-refractivity contribution in [2.75, 3.05) is 0 Å². The quantitative estimate of drug-likeness (QED) is 0.668. The minimum absolute atomic E-state index is 0.398. The van der Waals surface area contributed by atoms with Gasteiger partial charge in [-0.25, -0.2) is 0 Å². The Morgan fingerprint density at radius 1 is 1.05 bits per heavy atom. The van der Waals surface area contributed by atoms with E-state index in [1.165, 1.54) is 42.0 Å². The molecule has 0 N–H and O–H groups in total. The molecule has 0 amide bonds. The van der Waals surface area contributed by atoms with Gasteiger partial charge in [0.1, 0.15) is 5.75 Å². The van der Waals surface area contributed by atoms with Crippen LogP contribution in [0.25, 0.3) is 10.8 Å². The molecule has 20 heavy (non-hydrogen) atoms. The molecule has 1 fully saturated rings. The molecule has 0 aromatic heterocycles. The number of hydrogen-bond acceptors (Lipinski definition) is 1. The Bertz CT molecular complexity index is 612. The third-order valence-electron chi connectivity index (χ3n) is 4.46. The second-order valence-electron chi connectivity index (χ2n) is 6.05. The van der Waals surface area contributed by atoms with Gasteiger partial charge in [0, 0.05) is 4.47 Å². The first-order valence-electron chi connectivity index (χ1n) is 7.49. The fraction of sp³-hybridized carbons (Fsp3) is 0.444. The SMILES string of the molecule is Cc1c(OC2CCC(C)CC2)ccc2ccc(Br)cc12. The van der Waals surface area contributed by atoms with Crippen LogP contribution in [0.3, 0.4) is 0 Å². The summed E-state index contributed by atoms with van der Waals surface area (Å²) in [5.41, 5.74) is 1.25. The number of halogens is 1. The average molecular weight is 333 g/mol. The first kappa shape index (κ1) is 13.9. The fourth-order valence-electron chi connectivity index (χ4n) is 3.08. The number of aryl methyl sites for hydroxylation is 1. The molecule has 1 aliphatic rings. The van der Waals surface area contributed by atoms with E-state index >= 15 is 0 Å². The van der Waals surface area contributed by atoms with E-state index < -0.39 is 0 Å². The third-order valence-corrected chi connectivity index (χ3v) is 4.95. The topological polar surface area (TPSA) is 9.23 Å². The van der Waals surface area contributed by atoms with Crippen LogP contribution in [0.5, 0.6) is 5.75 Å². The van der Waals surface area contributed by atoms with Crippen molar-refractivity contribution in [3.8, 4) is 5.75 Å². The van der Waals surface area contributed by atoms with Crippen LogP contribution in [0, 0.1) is 12.8 Å². The van der Waals surface area contributed by atoms with Crippen molar-refractivity contribution in [3.63, 3.8) is 0 Å². The number of rotatable bonds is 2. The minimum atomic E-state index is 0.398. The molecule has 0 unspecified atom stereocenters. The van der Waals surface area contributed by atoms with Crippen molar-refractivity contribution in [1.29, 1.82) is 0 Å². The van der Waals surface area contributed by atoms with Crippen molar-refractivity contribution < 1.29 is 4.74 Å². The highest BCUT2D eigenvalue weighted by molar-refractivity contribution is 9.10. The van der Waals surface area contributed by atoms with Crippen LogP contribution in [-0.2, 0) is 0 Å². The standard InChI is InChI=1S/C18H21BrO/c1-12-3-8-16(9-4-12)20-18-10-6-14-5-7-15(19)11-17(14)13(18)2/h5-7,10-12,16H,3-4,8-9H2,1-2H3. The predicted octanol–water partition coefficient (Wildman–Crippen LogP) is 5.87. The molecule has 1 aliphatic carbocycles. The maximum atomic E-state index is 6.27. The molecular formula is C18H21BrO. The van der Waals surface area contributed by atoms with E-state index in [2.05, 4.69) is 60.1 Å². The van der Waals surface area contributed by atoms with Crippen molar-refractivity contribution >= 4 is 26.7 Å². The van der Waals surface area contributed by atoms with Crippen LogP contribution >= 0.6 is 15.9 Å². The fourth-order valence-corrected chi connectivity index (χ4v) is 3.44. The lowest BCUT2D eigenvalue weighted by atomic mass is 9.89. The van der Waals surface area contributed by atoms with Gasteiger partial charge in [-0.1, -0.05) is 35.0 Å². The molecule has 0 spiro atoms. The summed E-state index contributed by atoms with van der Waals surface area (Å²) in [6.45, 7) is 4.50. The first-order chi connectivity index (χ1) is 9.63. The molecule has 1 nitrogen and oxygen atoms in total. The van der Waals surface area contributed by atoms with Gasteiger partial charge in [0.25, 0.3) is 0 Å². The van der Waals surface area contributed by atoms with Crippen molar-refractivity contribution in [1.82, 2.24) is 0 Å². The van der Waals surface area contributed by atoms with Gasteiger partial charge in [-0.2, -0.15) is 0 Å². The largest absolute Gasteiger partial charge is 0.490 e. The molecule has 106 valence electrons.